The number of thioether (sulfide) groups is 1. The van der Waals surface area contributed by atoms with Crippen LogP contribution in [-0.2, 0) is 9.59 Å². The Morgan fingerprint density at radius 1 is 1.38 bits per heavy atom. The largest absolute Gasteiger partial charge is 0.497 e. The molecule has 1 fully saturated rings. The van der Waals surface area contributed by atoms with Crippen LogP contribution in [0.5, 0.6) is 5.75 Å². The van der Waals surface area contributed by atoms with E-state index in [4.69, 9.17) is 9.84 Å². The third-order valence-corrected chi connectivity index (χ3v) is 4.30. The van der Waals surface area contributed by atoms with Crippen LogP contribution in [-0.4, -0.2) is 58.5 Å². The quantitative estimate of drug-likeness (QED) is 0.783. The predicted octanol–water partition coefficient (Wildman–Crippen LogP) is 0.834. The number of benzene rings is 1. The van der Waals surface area contributed by atoms with Crippen LogP contribution in [0.4, 0.5) is 0 Å². The van der Waals surface area contributed by atoms with Gasteiger partial charge in [-0.15, -0.1) is 11.8 Å². The van der Waals surface area contributed by atoms with Gasteiger partial charge in [-0.1, -0.05) is 0 Å². The van der Waals surface area contributed by atoms with Gasteiger partial charge < -0.3 is 19.8 Å². The van der Waals surface area contributed by atoms with Gasteiger partial charge in [-0.05, 0) is 24.3 Å². The molecular weight excluding hydrogens is 294 g/mol. The van der Waals surface area contributed by atoms with Crippen molar-refractivity contribution in [2.75, 3.05) is 19.4 Å². The second-order valence-electron chi connectivity index (χ2n) is 4.75. The van der Waals surface area contributed by atoms with Gasteiger partial charge in [-0.25, -0.2) is 4.79 Å². The van der Waals surface area contributed by atoms with Gasteiger partial charge in [-0.2, -0.15) is 0 Å². The summed E-state index contributed by atoms with van der Waals surface area (Å²) in [4.78, 5) is 25.3. The Morgan fingerprint density at radius 2 is 2.05 bits per heavy atom. The average molecular weight is 311 g/mol. The molecule has 0 spiro atoms. The molecule has 2 rings (SSSR count). The monoisotopic (exact) mass is 311 g/mol. The molecule has 0 aromatic heterocycles. The Labute approximate surface area is 126 Å². The standard InChI is InChI=1S/C14H17NO5S/c1-20-10-2-4-11(5-3-10)21-8-13(17)15-7-9(16)6-12(15)14(18)19/h2-5,9,12,16H,6-8H2,1H3,(H,18,19)/t9?,12-/m0/s1. The number of hydrogen-bond donors (Lipinski definition) is 2. The van der Waals surface area contributed by atoms with E-state index in [0.717, 1.165) is 10.6 Å². The lowest BCUT2D eigenvalue weighted by atomic mass is 10.2. The Morgan fingerprint density at radius 3 is 2.62 bits per heavy atom. The lowest BCUT2D eigenvalue weighted by Crippen LogP contribution is -2.41. The molecule has 7 heteroatoms. The molecule has 1 aromatic rings. The first-order chi connectivity index (χ1) is 10.0. The van der Waals surface area contributed by atoms with Crippen molar-refractivity contribution in [2.45, 2.75) is 23.5 Å². The summed E-state index contributed by atoms with van der Waals surface area (Å²) in [6.07, 6.45) is -0.671. The van der Waals surface area contributed by atoms with Gasteiger partial charge in [0.15, 0.2) is 0 Å². The molecule has 1 heterocycles. The van der Waals surface area contributed by atoms with Crippen molar-refractivity contribution >= 4 is 23.6 Å². The van der Waals surface area contributed by atoms with E-state index in [-0.39, 0.29) is 24.6 Å². The number of β-amino-alcohol motifs (C(OH)–C–C–N with tert-alkyl or cyclic N) is 1. The number of likely N-dealkylation sites (tertiary alicyclic amines) is 1. The van der Waals surface area contributed by atoms with E-state index in [9.17, 15) is 14.7 Å². The zero-order valence-electron chi connectivity index (χ0n) is 11.6. The van der Waals surface area contributed by atoms with Gasteiger partial charge in [-0.3, -0.25) is 4.79 Å². The Hall–Kier alpha value is -1.73. The Bertz CT molecular complexity index is 519. The van der Waals surface area contributed by atoms with Crippen LogP contribution in [0, 0.1) is 0 Å². The average Bonchev–Trinajstić information content (AvgIpc) is 2.87. The summed E-state index contributed by atoms with van der Waals surface area (Å²) >= 11 is 1.33. The fourth-order valence-electron chi connectivity index (χ4n) is 2.22. The molecule has 1 aliphatic rings. The second kappa shape index (κ2) is 6.82. The van der Waals surface area contributed by atoms with E-state index in [1.54, 1.807) is 19.2 Å². The third kappa shape index (κ3) is 3.89. The number of aliphatic hydroxyl groups is 1. The number of rotatable bonds is 5. The van der Waals surface area contributed by atoms with E-state index < -0.39 is 18.1 Å². The van der Waals surface area contributed by atoms with Gasteiger partial charge in [0.1, 0.15) is 11.8 Å². The molecule has 0 bridgehead atoms. The number of carbonyl (C=O) groups excluding carboxylic acids is 1. The van der Waals surface area contributed by atoms with Gasteiger partial charge in [0.05, 0.1) is 19.0 Å². The number of hydrogen-bond acceptors (Lipinski definition) is 5. The smallest absolute Gasteiger partial charge is 0.326 e. The van der Waals surface area contributed by atoms with Crippen LogP contribution < -0.4 is 4.74 Å². The minimum Gasteiger partial charge on any atom is -0.497 e. The number of nitrogens with zero attached hydrogens (tertiary/aromatic N) is 1. The maximum Gasteiger partial charge on any atom is 0.326 e. The first-order valence-electron chi connectivity index (χ1n) is 6.48. The maximum atomic E-state index is 12.1. The summed E-state index contributed by atoms with van der Waals surface area (Å²) < 4.78 is 5.05. The second-order valence-corrected chi connectivity index (χ2v) is 5.80. The topological polar surface area (TPSA) is 87.1 Å². The summed E-state index contributed by atoms with van der Waals surface area (Å²) in [5.41, 5.74) is 0. The molecule has 1 amide bonds. The molecule has 0 radical (unpaired) electrons. The molecule has 2 N–H and O–H groups in total. The van der Waals surface area contributed by atoms with Crippen LogP contribution in [0.1, 0.15) is 6.42 Å². The molecule has 114 valence electrons. The van der Waals surface area contributed by atoms with Crippen LogP contribution in [0.3, 0.4) is 0 Å². The van der Waals surface area contributed by atoms with Crippen molar-refractivity contribution in [3.63, 3.8) is 0 Å². The zero-order chi connectivity index (χ0) is 15.4. The van der Waals surface area contributed by atoms with Crippen molar-refractivity contribution in [1.29, 1.82) is 0 Å². The number of aliphatic hydroxyl groups excluding tert-OH is 1. The molecule has 0 aliphatic carbocycles. The first-order valence-corrected chi connectivity index (χ1v) is 7.47. The number of aliphatic carboxylic acids is 1. The fraction of sp³-hybridized carbons (Fsp3) is 0.429. The Balaban J connectivity index is 1.92. The van der Waals surface area contributed by atoms with Gasteiger partial charge in [0.2, 0.25) is 5.91 Å². The van der Waals surface area contributed by atoms with Crippen molar-refractivity contribution in [2.24, 2.45) is 0 Å². The minimum absolute atomic E-state index is 0.0823. The molecule has 6 nitrogen and oxygen atoms in total. The zero-order valence-corrected chi connectivity index (χ0v) is 12.4. The molecule has 2 atom stereocenters. The van der Waals surface area contributed by atoms with Crippen LogP contribution >= 0.6 is 11.8 Å². The summed E-state index contributed by atoms with van der Waals surface area (Å²) in [6.45, 7) is 0.0823. The maximum absolute atomic E-state index is 12.1. The van der Waals surface area contributed by atoms with E-state index in [2.05, 4.69) is 0 Å². The number of ether oxygens (including phenoxy) is 1. The molecule has 1 saturated heterocycles. The Kier molecular flexibility index (Phi) is 5.08. The molecule has 1 aliphatic heterocycles. The van der Waals surface area contributed by atoms with Gasteiger partial charge >= 0.3 is 5.97 Å². The predicted molar refractivity (Wildman–Crippen MR) is 77.5 cm³/mol. The summed E-state index contributed by atoms with van der Waals surface area (Å²) in [5.74, 6) is -0.476. The van der Waals surface area contributed by atoms with Crippen LogP contribution in [0.15, 0.2) is 29.2 Å². The number of methoxy groups -OCH3 is 1. The van der Waals surface area contributed by atoms with Crippen molar-refractivity contribution < 1.29 is 24.5 Å². The van der Waals surface area contributed by atoms with Crippen molar-refractivity contribution in [3.8, 4) is 5.75 Å². The summed E-state index contributed by atoms with van der Waals surface area (Å²) in [6, 6.07) is 6.34. The number of carbonyl (C=O) groups is 2. The van der Waals surface area contributed by atoms with E-state index in [1.807, 2.05) is 12.1 Å². The van der Waals surface area contributed by atoms with Crippen molar-refractivity contribution in [3.05, 3.63) is 24.3 Å². The summed E-state index contributed by atoms with van der Waals surface area (Å²) in [5, 5.41) is 18.6. The molecule has 0 saturated carbocycles. The van der Waals surface area contributed by atoms with Crippen molar-refractivity contribution in [1.82, 2.24) is 4.90 Å². The van der Waals surface area contributed by atoms with Gasteiger partial charge in [0.25, 0.3) is 0 Å². The highest BCUT2D eigenvalue weighted by Crippen LogP contribution is 2.24. The number of amides is 1. The first kappa shape index (κ1) is 15.7. The highest BCUT2D eigenvalue weighted by Gasteiger charge is 2.38. The lowest BCUT2D eigenvalue weighted by Gasteiger charge is -2.20. The minimum atomic E-state index is -1.07. The number of carboxylic acids is 1. The van der Waals surface area contributed by atoms with E-state index >= 15 is 0 Å². The van der Waals surface area contributed by atoms with Crippen LogP contribution in [0.25, 0.3) is 0 Å². The molecule has 1 aromatic carbocycles. The van der Waals surface area contributed by atoms with E-state index in [0.29, 0.717) is 0 Å². The normalized spacial score (nSPS) is 21.3. The lowest BCUT2D eigenvalue weighted by molar-refractivity contribution is -0.147. The van der Waals surface area contributed by atoms with Crippen LogP contribution in [0.2, 0.25) is 0 Å². The number of carboxylic acid groups (broad SMARTS) is 1. The molecule has 21 heavy (non-hydrogen) atoms. The van der Waals surface area contributed by atoms with E-state index in [1.165, 1.54) is 16.7 Å². The fourth-order valence-corrected chi connectivity index (χ4v) is 3.01. The summed E-state index contributed by atoms with van der Waals surface area (Å²) in [7, 11) is 1.58. The SMILES string of the molecule is COc1ccc(SCC(=O)N2CC(O)C[C@H]2C(=O)O)cc1. The molecule has 1 unspecified atom stereocenters. The molecular formula is C14H17NO5S. The highest BCUT2D eigenvalue weighted by molar-refractivity contribution is 8.00. The highest BCUT2D eigenvalue weighted by atomic mass is 32.2. The third-order valence-electron chi connectivity index (χ3n) is 3.31. The van der Waals surface area contributed by atoms with Gasteiger partial charge in [0, 0.05) is 17.9 Å².